The number of anilines is 1. The first-order valence-electron chi connectivity index (χ1n) is 12.3. The summed E-state index contributed by atoms with van der Waals surface area (Å²) in [5, 5.41) is 7.56. The van der Waals surface area contributed by atoms with Gasteiger partial charge in [-0.15, -0.1) is 0 Å². The van der Waals surface area contributed by atoms with Gasteiger partial charge in [0.1, 0.15) is 0 Å². The van der Waals surface area contributed by atoms with Gasteiger partial charge in [-0.2, -0.15) is 0 Å². The quantitative estimate of drug-likeness (QED) is 0.220. The van der Waals surface area contributed by atoms with Gasteiger partial charge in [-0.25, -0.2) is 8.78 Å². The molecule has 4 rings (SSSR count). The number of H-pyrrole nitrogens is 1. The Morgan fingerprint density at radius 2 is 2.03 bits per heavy atom. The molecule has 2 aromatic rings. The van der Waals surface area contributed by atoms with E-state index in [0.717, 1.165) is 47.6 Å². The van der Waals surface area contributed by atoms with Gasteiger partial charge >= 0.3 is 0 Å². The second kappa shape index (κ2) is 10.9. The number of nitrogens with zero attached hydrogens (tertiary/aromatic N) is 1. The number of nitrogens with two attached hydrogens (primary N) is 1. The number of aromatic amines is 1. The van der Waals surface area contributed by atoms with Gasteiger partial charge in [0.05, 0.1) is 15.7 Å². The molecular formula is C27H34F2IN5O. The van der Waals surface area contributed by atoms with Crippen LogP contribution in [0.25, 0.3) is 17.2 Å². The number of amides is 1. The maximum atomic E-state index is 14.4. The van der Waals surface area contributed by atoms with Crippen molar-refractivity contribution >= 4 is 51.4 Å². The van der Waals surface area contributed by atoms with E-state index in [-0.39, 0.29) is 23.4 Å². The third-order valence-electron chi connectivity index (χ3n) is 7.15. The highest BCUT2D eigenvalue weighted by atomic mass is 127. The summed E-state index contributed by atoms with van der Waals surface area (Å²) in [7, 11) is 3.36. The number of carbonyl (C=O) groups is 1. The molecule has 2 unspecified atom stereocenters. The fourth-order valence-electron chi connectivity index (χ4n) is 5.41. The van der Waals surface area contributed by atoms with E-state index in [2.05, 4.69) is 63.0 Å². The van der Waals surface area contributed by atoms with Gasteiger partial charge in [-0.3, -0.25) is 4.79 Å². The molecule has 36 heavy (non-hydrogen) atoms. The van der Waals surface area contributed by atoms with Gasteiger partial charge in [0.2, 0.25) is 0 Å². The van der Waals surface area contributed by atoms with E-state index in [1.54, 1.807) is 32.6 Å². The van der Waals surface area contributed by atoms with Crippen LogP contribution < -0.4 is 31.8 Å². The van der Waals surface area contributed by atoms with Crippen molar-refractivity contribution in [1.29, 1.82) is 0 Å². The molecule has 0 saturated carbocycles. The lowest BCUT2D eigenvalue weighted by Crippen LogP contribution is -2.45. The number of hydrogen-bond donors (Lipinski definition) is 4. The molecule has 5 N–H and O–H groups in total. The second-order valence-electron chi connectivity index (χ2n) is 9.64. The van der Waals surface area contributed by atoms with Crippen LogP contribution in [0.15, 0.2) is 24.5 Å². The maximum Gasteiger partial charge on any atom is 0.264 e. The average Bonchev–Trinajstić information content (AvgIpc) is 3.28. The number of halogens is 3. The van der Waals surface area contributed by atoms with Crippen molar-refractivity contribution in [1.82, 2.24) is 15.6 Å². The van der Waals surface area contributed by atoms with Crippen LogP contribution in [0.5, 0.6) is 0 Å². The Morgan fingerprint density at radius 3 is 2.64 bits per heavy atom. The molecule has 1 aliphatic heterocycles. The molecule has 9 heteroatoms. The highest BCUT2D eigenvalue weighted by Gasteiger charge is 2.30. The molecule has 2 aliphatic rings. The maximum absolute atomic E-state index is 14.4. The monoisotopic (exact) mass is 609 g/mol. The van der Waals surface area contributed by atoms with Gasteiger partial charge in [0.15, 0.2) is 0 Å². The van der Waals surface area contributed by atoms with E-state index in [9.17, 15) is 13.6 Å². The van der Waals surface area contributed by atoms with Crippen LogP contribution in [-0.4, -0.2) is 41.6 Å². The summed E-state index contributed by atoms with van der Waals surface area (Å²) in [4.78, 5) is 18.1. The van der Waals surface area contributed by atoms with Gasteiger partial charge in [0.25, 0.3) is 12.3 Å². The molecule has 0 radical (unpaired) electrons. The highest BCUT2D eigenvalue weighted by molar-refractivity contribution is 14.1. The molecule has 0 spiro atoms. The van der Waals surface area contributed by atoms with Gasteiger partial charge < -0.3 is 26.3 Å². The lowest BCUT2D eigenvalue weighted by molar-refractivity contribution is 0.0962. The number of carbonyl (C=O) groups excluding carboxylic acids is 1. The van der Waals surface area contributed by atoms with E-state index in [1.165, 1.54) is 5.57 Å². The summed E-state index contributed by atoms with van der Waals surface area (Å²) in [6.07, 6.45) is 5.47. The van der Waals surface area contributed by atoms with E-state index in [1.807, 2.05) is 6.07 Å². The molecule has 0 bridgehead atoms. The molecule has 6 nitrogen and oxygen atoms in total. The lowest BCUT2D eigenvalue weighted by atomic mass is 9.87. The summed E-state index contributed by atoms with van der Waals surface area (Å²) in [6.45, 7) is 5.06. The van der Waals surface area contributed by atoms with Crippen LogP contribution in [0, 0.1) is 5.92 Å². The summed E-state index contributed by atoms with van der Waals surface area (Å²) in [5.74, 6) is 0.133. The molecule has 2 heterocycles. The third-order valence-corrected chi connectivity index (χ3v) is 7.82. The number of hydrogen-bond acceptors (Lipinski definition) is 4. The summed E-state index contributed by atoms with van der Waals surface area (Å²) < 4.78 is 28.3. The van der Waals surface area contributed by atoms with Crippen LogP contribution in [0.4, 0.5) is 14.5 Å². The predicted octanol–water partition coefficient (Wildman–Crippen LogP) is 3.40. The number of nitrogens with one attached hydrogen (secondary N) is 3. The highest BCUT2D eigenvalue weighted by Crippen LogP contribution is 2.40. The first-order valence-corrected chi connectivity index (χ1v) is 13.6. The molecule has 1 aliphatic carbocycles. The smallest absolute Gasteiger partial charge is 0.264 e. The molecule has 0 fully saturated rings. The van der Waals surface area contributed by atoms with Gasteiger partial charge in [0, 0.05) is 60.4 Å². The van der Waals surface area contributed by atoms with Crippen molar-refractivity contribution < 1.29 is 13.6 Å². The Kier molecular flexibility index (Phi) is 8.09. The van der Waals surface area contributed by atoms with Crippen LogP contribution in [0.3, 0.4) is 0 Å². The minimum absolute atomic E-state index is 0.00785. The zero-order chi connectivity index (χ0) is 26.1. The van der Waals surface area contributed by atoms with E-state index >= 15 is 0 Å². The Labute approximate surface area is 224 Å². The first-order chi connectivity index (χ1) is 17.2. The SMILES string of the molecule is CN/C=C(/c1cc2c(cc1C(F)F)N(C1C=c3c(C(=O)NC)c[nH]c3=C(C(C)C)C1)CCC2)C(N)I. The Balaban J connectivity index is 1.86. The van der Waals surface area contributed by atoms with Crippen molar-refractivity contribution in [3.05, 3.63) is 57.4 Å². The second-order valence-corrected chi connectivity index (χ2v) is 11.0. The molecule has 0 saturated heterocycles. The van der Waals surface area contributed by atoms with Crippen LogP contribution in [-0.2, 0) is 6.42 Å². The molecule has 2 atom stereocenters. The predicted molar refractivity (Wildman–Crippen MR) is 151 cm³/mol. The largest absolute Gasteiger partial charge is 0.394 e. The van der Waals surface area contributed by atoms with Crippen LogP contribution in [0.2, 0.25) is 0 Å². The average molecular weight is 610 g/mol. The summed E-state index contributed by atoms with van der Waals surface area (Å²) in [5.41, 5.74) is 11.0. The number of fused-ring (bicyclic) bond motifs is 2. The minimum Gasteiger partial charge on any atom is -0.394 e. The van der Waals surface area contributed by atoms with Crippen molar-refractivity contribution in [2.24, 2.45) is 11.7 Å². The van der Waals surface area contributed by atoms with Crippen LogP contribution >= 0.6 is 22.6 Å². The van der Waals surface area contributed by atoms with E-state index in [0.29, 0.717) is 16.7 Å². The van der Waals surface area contributed by atoms with Gasteiger partial charge in [-0.05, 0) is 54.0 Å². The van der Waals surface area contributed by atoms with Crippen molar-refractivity contribution in [2.45, 2.75) is 49.6 Å². The summed E-state index contributed by atoms with van der Waals surface area (Å²) in [6, 6.07) is 3.52. The molecule has 1 aromatic carbocycles. The molecule has 1 amide bonds. The summed E-state index contributed by atoms with van der Waals surface area (Å²) >= 11 is 2.06. The van der Waals surface area contributed by atoms with Crippen molar-refractivity contribution in [2.75, 3.05) is 25.5 Å². The first kappa shape index (κ1) is 26.7. The number of aryl methyl sites for hydroxylation is 1. The number of aromatic nitrogens is 1. The molecule has 194 valence electrons. The minimum atomic E-state index is -2.63. The fraction of sp³-hybridized carbons (Fsp3) is 0.444. The molecular weight excluding hydrogens is 575 g/mol. The Morgan fingerprint density at radius 1 is 1.28 bits per heavy atom. The lowest BCUT2D eigenvalue weighted by Gasteiger charge is -2.39. The Hall–Kier alpha value is -2.40. The van der Waals surface area contributed by atoms with E-state index < -0.39 is 10.5 Å². The van der Waals surface area contributed by atoms with Crippen molar-refractivity contribution in [3.8, 4) is 0 Å². The van der Waals surface area contributed by atoms with E-state index in [4.69, 9.17) is 5.73 Å². The zero-order valence-electron chi connectivity index (χ0n) is 21.1. The number of rotatable bonds is 7. The number of benzene rings is 1. The topological polar surface area (TPSA) is 86.2 Å². The standard InChI is InChI=1S/C27H34F2IN5O/c1-14(2)17-9-16(10-19-22(27(36)33-4)13-34-24(17)19)35-7-5-6-15-8-18(21(12-32-3)26(30)31)20(25(28)29)11-23(15)35/h8,10-14,16,25-26,32,34H,5-7,9,31H2,1-4H3,(H,33,36)/b21-12-. The van der Waals surface area contributed by atoms with Crippen molar-refractivity contribution in [3.63, 3.8) is 0 Å². The zero-order valence-corrected chi connectivity index (χ0v) is 23.2. The number of alkyl halides is 3. The normalized spacial score (nSPS) is 18.6. The van der Waals surface area contributed by atoms with Gasteiger partial charge in [-0.1, -0.05) is 42.5 Å². The fourth-order valence-corrected chi connectivity index (χ4v) is 5.93. The van der Waals surface area contributed by atoms with Crippen LogP contribution in [0.1, 0.15) is 60.2 Å². The Bertz CT molecular complexity index is 1300. The third kappa shape index (κ3) is 4.91. The molecule has 1 aromatic heterocycles.